The molecular weight excluding hydrogens is 216 g/mol. The lowest BCUT2D eigenvalue weighted by Crippen LogP contribution is -2.01. The van der Waals surface area contributed by atoms with E-state index < -0.39 is 12.1 Å². The summed E-state index contributed by atoms with van der Waals surface area (Å²) in [5.41, 5.74) is -0.966. The maximum Gasteiger partial charge on any atom is 0.281 e. The van der Waals surface area contributed by atoms with Crippen LogP contribution in [-0.2, 0) is 0 Å². The number of hydrogen-bond donors (Lipinski definition) is 0. The first kappa shape index (κ1) is 10.8. The third kappa shape index (κ3) is 1.98. The number of aldehydes is 1. The summed E-state index contributed by atoms with van der Waals surface area (Å²) >= 11 is 5.57. The molecule has 0 saturated heterocycles. The Kier molecular flexibility index (Phi) is 3.35. The minimum atomic E-state index is -2.86. The van der Waals surface area contributed by atoms with Gasteiger partial charge in [-0.1, -0.05) is 11.6 Å². The number of carbonyl (C=O) groups excluding carboxylic acids is 1. The number of rotatable bonds is 3. The third-order valence-electron chi connectivity index (χ3n) is 1.55. The van der Waals surface area contributed by atoms with Crippen LogP contribution in [0.3, 0.4) is 0 Å². The van der Waals surface area contributed by atoms with Crippen LogP contribution in [0.15, 0.2) is 6.07 Å². The molecule has 0 aliphatic heterocycles. The van der Waals surface area contributed by atoms with E-state index in [0.29, 0.717) is 0 Å². The smallest absolute Gasteiger partial charge is 0.281 e. The molecule has 76 valence electrons. The van der Waals surface area contributed by atoms with Crippen LogP contribution >= 0.6 is 11.6 Å². The van der Waals surface area contributed by atoms with Gasteiger partial charge in [0.15, 0.2) is 6.29 Å². The Hall–Kier alpha value is -1.23. The van der Waals surface area contributed by atoms with Crippen LogP contribution in [0.2, 0.25) is 5.02 Å². The average Bonchev–Trinajstić information content (AvgIpc) is 2.16. The summed E-state index contributed by atoms with van der Waals surface area (Å²) in [6, 6.07) is 1.21. The van der Waals surface area contributed by atoms with Crippen LogP contribution in [0.4, 0.5) is 8.78 Å². The lowest BCUT2D eigenvalue weighted by Gasteiger charge is -2.06. The van der Waals surface area contributed by atoms with Crippen molar-refractivity contribution in [2.45, 2.75) is 6.43 Å². The first-order valence-corrected chi connectivity index (χ1v) is 3.95. The van der Waals surface area contributed by atoms with Crippen molar-refractivity contribution in [1.82, 2.24) is 4.98 Å². The van der Waals surface area contributed by atoms with Crippen molar-refractivity contribution in [1.29, 1.82) is 0 Å². The fourth-order valence-electron chi connectivity index (χ4n) is 0.907. The normalized spacial score (nSPS) is 10.4. The SMILES string of the molecule is COc1cc(Cl)c(C=O)c(C(F)F)n1. The minimum absolute atomic E-state index is 0.0455. The largest absolute Gasteiger partial charge is 0.481 e. The molecule has 0 aliphatic carbocycles. The maximum absolute atomic E-state index is 12.4. The predicted octanol–water partition coefficient (Wildman–Crippen LogP) is 2.49. The molecule has 3 nitrogen and oxygen atoms in total. The first-order chi connectivity index (χ1) is 6.60. The van der Waals surface area contributed by atoms with Gasteiger partial charge in [-0.3, -0.25) is 4.79 Å². The molecule has 1 aromatic rings. The Bertz CT molecular complexity index is 357. The topological polar surface area (TPSA) is 39.2 Å². The standard InChI is InChI=1S/C8H6ClF2NO2/c1-14-6-2-5(9)4(3-13)7(12-6)8(10)11/h2-3,8H,1H3. The highest BCUT2D eigenvalue weighted by molar-refractivity contribution is 6.33. The lowest BCUT2D eigenvalue weighted by molar-refractivity contribution is 0.110. The van der Waals surface area contributed by atoms with Gasteiger partial charge in [0.1, 0.15) is 5.69 Å². The van der Waals surface area contributed by atoms with Crippen LogP contribution in [-0.4, -0.2) is 18.4 Å². The van der Waals surface area contributed by atoms with E-state index in [2.05, 4.69) is 9.72 Å². The monoisotopic (exact) mass is 221 g/mol. The summed E-state index contributed by atoms with van der Waals surface area (Å²) in [6.07, 6.45) is -2.61. The Labute approximate surface area is 83.7 Å². The van der Waals surface area contributed by atoms with Gasteiger partial charge in [0.2, 0.25) is 5.88 Å². The molecule has 0 bridgehead atoms. The summed E-state index contributed by atoms with van der Waals surface area (Å²) in [5.74, 6) is -0.0455. The molecule has 14 heavy (non-hydrogen) atoms. The van der Waals surface area contributed by atoms with E-state index >= 15 is 0 Å². The molecule has 0 aliphatic rings. The van der Waals surface area contributed by atoms with E-state index in [9.17, 15) is 13.6 Å². The molecule has 1 heterocycles. The molecule has 0 saturated carbocycles. The number of nitrogens with zero attached hydrogens (tertiary/aromatic N) is 1. The third-order valence-corrected chi connectivity index (χ3v) is 1.86. The van der Waals surface area contributed by atoms with Crippen molar-refractivity contribution >= 4 is 17.9 Å². The Morgan fingerprint density at radius 2 is 2.29 bits per heavy atom. The van der Waals surface area contributed by atoms with Gasteiger partial charge < -0.3 is 4.74 Å². The Morgan fingerprint density at radius 3 is 2.71 bits per heavy atom. The van der Waals surface area contributed by atoms with E-state index in [1.165, 1.54) is 13.2 Å². The van der Waals surface area contributed by atoms with Crippen molar-refractivity contribution in [3.05, 3.63) is 22.3 Å². The highest BCUT2D eigenvalue weighted by Gasteiger charge is 2.19. The van der Waals surface area contributed by atoms with Gasteiger partial charge in [0.25, 0.3) is 6.43 Å². The van der Waals surface area contributed by atoms with Gasteiger partial charge in [0.05, 0.1) is 17.7 Å². The number of ether oxygens (including phenoxy) is 1. The Balaban J connectivity index is 3.35. The van der Waals surface area contributed by atoms with Crippen LogP contribution < -0.4 is 4.74 Å². The maximum atomic E-state index is 12.4. The number of aromatic nitrogens is 1. The van der Waals surface area contributed by atoms with Gasteiger partial charge in [-0.05, 0) is 0 Å². The van der Waals surface area contributed by atoms with E-state index in [4.69, 9.17) is 11.6 Å². The minimum Gasteiger partial charge on any atom is -0.481 e. The molecular formula is C8H6ClF2NO2. The average molecular weight is 222 g/mol. The highest BCUT2D eigenvalue weighted by atomic mass is 35.5. The molecule has 0 amide bonds. The molecule has 1 aromatic heterocycles. The van der Waals surface area contributed by atoms with Crippen molar-refractivity contribution < 1.29 is 18.3 Å². The number of methoxy groups -OCH3 is 1. The van der Waals surface area contributed by atoms with Crippen molar-refractivity contribution in [3.63, 3.8) is 0 Å². The summed E-state index contributed by atoms with van der Waals surface area (Å²) in [6.45, 7) is 0. The summed E-state index contributed by atoms with van der Waals surface area (Å²) < 4.78 is 29.4. The second kappa shape index (κ2) is 4.32. The van der Waals surface area contributed by atoms with Gasteiger partial charge in [-0.2, -0.15) is 0 Å². The second-order valence-electron chi connectivity index (χ2n) is 2.36. The van der Waals surface area contributed by atoms with E-state index in [1.807, 2.05) is 0 Å². The molecule has 0 atom stereocenters. The summed E-state index contributed by atoms with van der Waals surface area (Å²) in [7, 11) is 1.27. The molecule has 1 rings (SSSR count). The molecule has 6 heteroatoms. The first-order valence-electron chi connectivity index (χ1n) is 3.58. The van der Waals surface area contributed by atoms with Crippen molar-refractivity contribution in [2.24, 2.45) is 0 Å². The lowest BCUT2D eigenvalue weighted by atomic mass is 10.2. The fraction of sp³-hybridized carbons (Fsp3) is 0.250. The number of carbonyl (C=O) groups is 1. The molecule has 0 spiro atoms. The molecule has 0 fully saturated rings. The number of hydrogen-bond acceptors (Lipinski definition) is 3. The summed E-state index contributed by atoms with van der Waals surface area (Å²) in [4.78, 5) is 13.9. The van der Waals surface area contributed by atoms with Gasteiger partial charge in [-0.25, -0.2) is 13.8 Å². The Morgan fingerprint density at radius 1 is 1.64 bits per heavy atom. The van der Waals surface area contributed by atoms with Gasteiger partial charge >= 0.3 is 0 Å². The molecule has 0 N–H and O–H groups in total. The van der Waals surface area contributed by atoms with Crippen molar-refractivity contribution in [3.8, 4) is 5.88 Å². The van der Waals surface area contributed by atoms with Crippen LogP contribution in [0, 0.1) is 0 Å². The van der Waals surface area contributed by atoms with E-state index in [-0.39, 0.29) is 22.8 Å². The highest BCUT2D eigenvalue weighted by Crippen LogP contribution is 2.28. The van der Waals surface area contributed by atoms with Crippen LogP contribution in [0.5, 0.6) is 5.88 Å². The number of halogens is 3. The van der Waals surface area contributed by atoms with Gasteiger partial charge in [0, 0.05) is 6.07 Å². The zero-order chi connectivity index (χ0) is 10.7. The number of pyridine rings is 1. The van der Waals surface area contributed by atoms with E-state index in [0.717, 1.165) is 0 Å². The molecule has 0 radical (unpaired) electrons. The fourth-order valence-corrected chi connectivity index (χ4v) is 1.14. The zero-order valence-electron chi connectivity index (χ0n) is 7.13. The second-order valence-corrected chi connectivity index (χ2v) is 2.77. The quantitative estimate of drug-likeness (QED) is 0.736. The summed E-state index contributed by atoms with van der Waals surface area (Å²) in [5, 5.41) is -0.0952. The molecule has 0 aromatic carbocycles. The molecule has 0 unspecified atom stereocenters. The zero-order valence-corrected chi connectivity index (χ0v) is 7.89. The van der Waals surface area contributed by atoms with E-state index in [1.54, 1.807) is 0 Å². The van der Waals surface area contributed by atoms with Gasteiger partial charge in [-0.15, -0.1) is 0 Å². The predicted molar refractivity (Wildman–Crippen MR) is 46.1 cm³/mol. The van der Waals surface area contributed by atoms with Crippen LogP contribution in [0.1, 0.15) is 22.5 Å². The van der Waals surface area contributed by atoms with Crippen molar-refractivity contribution in [2.75, 3.05) is 7.11 Å². The van der Waals surface area contributed by atoms with Crippen LogP contribution in [0.25, 0.3) is 0 Å². The number of alkyl halides is 2.